The number of hydrogen-bond donors (Lipinski definition) is 3. The second-order valence-electron chi connectivity index (χ2n) is 1.89. The zero-order valence-corrected chi connectivity index (χ0v) is 6.14. The fraction of sp³-hybridized carbons (Fsp3) is 0.500. The molecule has 0 unspecified atom stereocenters. The molecule has 0 bridgehead atoms. The summed E-state index contributed by atoms with van der Waals surface area (Å²) in [6.45, 7) is 3.92. The van der Waals surface area contributed by atoms with Crippen LogP contribution in [0.3, 0.4) is 0 Å². The topological polar surface area (TPSA) is 75.3 Å². The molecule has 0 aromatic rings. The van der Waals surface area contributed by atoms with E-state index < -0.39 is 5.97 Å². The molecule has 0 saturated carbocycles. The van der Waals surface area contributed by atoms with Crippen molar-refractivity contribution in [3.05, 3.63) is 11.4 Å². The molecule has 0 aromatic carbocycles. The number of likely N-dealkylation sites (N-methyl/N-ethyl adjacent to an activating group) is 1. The Bertz CT molecular complexity index is 159. The van der Waals surface area contributed by atoms with Crippen molar-refractivity contribution < 1.29 is 9.90 Å². The summed E-state index contributed by atoms with van der Waals surface area (Å²) in [5.74, 6) is -1.01. The van der Waals surface area contributed by atoms with Crippen LogP contribution in [-0.4, -0.2) is 17.6 Å². The predicted octanol–water partition coefficient (Wildman–Crippen LogP) is -0.129. The average Bonchev–Trinajstić information content (AvgIpc) is 1.81. The quantitative estimate of drug-likeness (QED) is 0.482. The van der Waals surface area contributed by atoms with Gasteiger partial charge in [-0.2, -0.15) is 0 Å². The van der Waals surface area contributed by atoms with E-state index in [1.54, 1.807) is 6.92 Å². The van der Waals surface area contributed by atoms with Crippen molar-refractivity contribution in [2.75, 3.05) is 6.54 Å². The second-order valence-corrected chi connectivity index (χ2v) is 1.89. The van der Waals surface area contributed by atoms with E-state index in [0.29, 0.717) is 12.2 Å². The number of carbonyl (C=O) groups is 1. The van der Waals surface area contributed by atoms with Crippen molar-refractivity contribution >= 4 is 5.97 Å². The largest absolute Gasteiger partial charge is 0.477 e. The lowest BCUT2D eigenvalue weighted by Crippen LogP contribution is -2.23. The number of aliphatic carboxylic acids is 1. The summed E-state index contributed by atoms with van der Waals surface area (Å²) < 4.78 is 0. The SMILES string of the molecule is CCN/C(C(=O)O)=C(/C)N. The normalized spacial score (nSPS) is 12.2. The van der Waals surface area contributed by atoms with Gasteiger partial charge in [0.2, 0.25) is 0 Å². The van der Waals surface area contributed by atoms with Crippen LogP contribution >= 0.6 is 0 Å². The molecular formula is C6H12N2O2. The lowest BCUT2D eigenvalue weighted by atomic mass is 10.3. The first kappa shape index (κ1) is 8.81. The van der Waals surface area contributed by atoms with E-state index in [2.05, 4.69) is 5.32 Å². The molecule has 0 amide bonds. The number of nitrogens with one attached hydrogen (secondary N) is 1. The molecule has 0 atom stereocenters. The number of nitrogens with two attached hydrogens (primary N) is 1. The summed E-state index contributed by atoms with van der Waals surface area (Å²) in [5, 5.41) is 11.1. The van der Waals surface area contributed by atoms with Gasteiger partial charge in [-0.1, -0.05) is 0 Å². The Hall–Kier alpha value is -1.19. The van der Waals surface area contributed by atoms with Gasteiger partial charge in [0.15, 0.2) is 0 Å². The minimum atomic E-state index is -1.01. The van der Waals surface area contributed by atoms with Crippen molar-refractivity contribution in [2.45, 2.75) is 13.8 Å². The smallest absolute Gasteiger partial charge is 0.353 e. The minimum Gasteiger partial charge on any atom is -0.477 e. The fourth-order valence-electron chi connectivity index (χ4n) is 0.560. The highest BCUT2D eigenvalue weighted by Gasteiger charge is 2.06. The first-order valence-electron chi connectivity index (χ1n) is 3.03. The monoisotopic (exact) mass is 144 g/mol. The highest BCUT2D eigenvalue weighted by Crippen LogP contribution is 1.92. The maximum atomic E-state index is 10.3. The predicted molar refractivity (Wildman–Crippen MR) is 38.2 cm³/mol. The molecule has 0 aliphatic rings. The molecule has 0 saturated heterocycles. The average molecular weight is 144 g/mol. The van der Waals surface area contributed by atoms with Gasteiger partial charge in [-0.05, 0) is 13.8 Å². The van der Waals surface area contributed by atoms with Gasteiger partial charge < -0.3 is 16.2 Å². The molecule has 58 valence electrons. The first-order valence-corrected chi connectivity index (χ1v) is 3.03. The fourth-order valence-corrected chi connectivity index (χ4v) is 0.560. The lowest BCUT2D eigenvalue weighted by Gasteiger charge is -2.04. The number of carboxylic acids is 1. The van der Waals surface area contributed by atoms with Crippen molar-refractivity contribution in [3.63, 3.8) is 0 Å². The second kappa shape index (κ2) is 3.76. The standard InChI is InChI=1S/C6H12N2O2/c1-3-8-5(4(2)7)6(9)10/h8H,3,7H2,1-2H3,(H,9,10)/b5-4-. The number of rotatable bonds is 3. The van der Waals surface area contributed by atoms with Crippen LogP contribution in [0.2, 0.25) is 0 Å². The maximum absolute atomic E-state index is 10.3. The molecule has 4 heteroatoms. The van der Waals surface area contributed by atoms with E-state index in [9.17, 15) is 4.79 Å². The molecule has 0 radical (unpaired) electrons. The third kappa shape index (κ3) is 2.39. The van der Waals surface area contributed by atoms with Crippen LogP contribution in [0.4, 0.5) is 0 Å². The minimum absolute atomic E-state index is 0.0856. The molecule has 10 heavy (non-hydrogen) atoms. The lowest BCUT2D eigenvalue weighted by molar-refractivity contribution is -0.133. The zero-order chi connectivity index (χ0) is 8.15. The molecule has 0 rings (SSSR count). The maximum Gasteiger partial charge on any atom is 0.353 e. The van der Waals surface area contributed by atoms with Gasteiger partial charge >= 0.3 is 5.97 Å². The summed E-state index contributed by atoms with van der Waals surface area (Å²) in [6.07, 6.45) is 0. The summed E-state index contributed by atoms with van der Waals surface area (Å²) in [6, 6.07) is 0. The molecular weight excluding hydrogens is 132 g/mol. The van der Waals surface area contributed by atoms with Gasteiger partial charge in [-0.15, -0.1) is 0 Å². The highest BCUT2D eigenvalue weighted by molar-refractivity contribution is 5.86. The van der Waals surface area contributed by atoms with Crippen molar-refractivity contribution in [3.8, 4) is 0 Å². The molecule has 0 heterocycles. The Morgan fingerprint density at radius 2 is 2.20 bits per heavy atom. The van der Waals surface area contributed by atoms with Crippen LogP contribution < -0.4 is 11.1 Å². The highest BCUT2D eigenvalue weighted by atomic mass is 16.4. The van der Waals surface area contributed by atoms with Crippen LogP contribution in [0.1, 0.15) is 13.8 Å². The Labute approximate surface area is 59.7 Å². The molecule has 0 spiro atoms. The number of carboxylic acid groups (broad SMARTS) is 1. The van der Waals surface area contributed by atoms with E-state index in [4.69, 9.17) is 10.8 Å². The van der Waals surface area contributed by atoms with Crippen LogP contribution in [0.5, 0.6) is 0 Å². The van der Waals surface area contributed by atoms with E-state index in [-0.39, 0.29) is 5.70 Å². The third-order valence-corrected chi connectivity index (χ3v) is 0.962. The van der Waals surface area contributed by atoms with E-state index in [1.807, 2.05) is 6.92 Å². The summed E-state index contributed by atoms with van der Waals surface area (Å²) in [5.41, 5.74) is 5.65. The summed E-state index contributed by atoms with van der Waals surface area (Å²) in [4.78, 5) is 10.3. The van der Waals surface area contributed by atoms with E-state index in [0.717, 1.165) is 0 Å². The van der Waals surface area contributed by atoms with Gasteiger partial charge in [0.25, 0.3) is 0 Å². The molecule has 0 fully saturated rings. The van der Waals surface area contributed by atoms with Gasteiger partial charge in [-0.25, -0.2) is 4.79 Å². The Kier molecular flexibility index (Phi) is 3.32. The van der Waals surface area contributed by atoms with E-state index in [1.165, 1.54) is 0 Å². The van der Waals surface area contributed by atoms with Crippen molar-refractivity contribution in [1.82, 2.24) is 5.32 Å². The Balaban J connectivity index is 4.28. The summed E-state index contributed by atoms with van der Waals surface area (Å²) in [7, 11) is 0. The Morgan fingerprint density at radius 3 is 2.30 bits per heavy atom. The van der Waals surface area contributed by atoms with Crippen LogP contribution in [0.15, 0.2) is 11.4 Å². The molecule has 4 nitrogen and oxygen atoms in total. The van der Waals surface area contributed by atoms with Gasteiger partial charge in [0, 0.05) is 12.2 Å². The van der Waals surface area contributed by atoms with E-state index >= 15 is 0 Å². The van der Waals surface area contributed by atoms with Crippen LogP contribution in [0, 0.1) is 0 Å². The molecule has 0 aliphatic carbocycles. The summed E-state index contributed by atoms with van der Waals surface area (Å²) >= 11 is 0. The van der Waals surface area contributed by atoms with Crippen LogP contribution in [-0.2, 0) is 4.79 Å². The van der Waals surface area contributed by atoms with Crippen molar-refractivity contribution in [1.29, 1.82) is 0 Å². The van der Waals surface area contributed by atoms with Gasteiger partial charge in [-0.3, -0.25) is 0 Å². The Morgan fingerprint density at radius 1 is 1.70 bits per heavy atom. The van der Waals surface area contributed by atoms with Crippen molar-refractivity contribution in [2.24, 2.45) is 5.73 Å². The first-order chi connectivity index (χ1) is 4.59. The number of allylic oxidation sites excluding steroid dienone is 1. The van der Waals surface area contributed by atoms with Gasteiger partial charge in [0.1, 0.15) is 5.70 Å². The molecule has 4 N–H and O–H groups in total. The molecule has 0 aliphatic heterocycles. The van der Waals surface area contributed by atoms with Gasteiger partial charge in [0.05, 0.1) is 0 Å². The zero-order valence-electron chi connectivity index (χ0n) is 6.14. The third-order valence-electron chi connectivity index (χ3n) is 0.962. The van der Waals surface area contributed by atoms with Crippen LogP contribution in [0.25, 0.3) is 0 Å². The molecule has 0 aromatic heterocycles. The number of hydrogen-bond acceptors (Lipinski definition) is 3.